The van der Waals surface area contributed by atoms with Crippen molar-refractivity contribution in [1.82, 2.24) is 5.32 Å². The average molecular weight is 321 g/mol. The van der Waals surface area contributed by atoms with Crippen molar-refractivity contribution in [2.75, 3.05) is 6.54 Å². The SMILES string of the molecule is CCCNC(=O)c1cc(Br)ccc1Br. The van der Waals surface area contributed by atoms with E-state index in [0.717, 1.165) is 15.4 Å². The van der Waals surface area contributed by atoms with Gasteiger partial charge in [0.2, 0.25) is 0 Å². The lowest BCUT2D eigenvalue weighted by molar-refractivity contribution is 0.0953. The molecule has 0 radical (unpaired) electrons. The molecule has 4 heteroatoms. The van der Waals surface area contributed by atoms with Crippen LogP contribution in [0.2, 0.25) is 0 Å². The van der Waals surface area contributed by atoms with Crippen molar-refractivity contribution in [3.8, 4) is 0 Å². The molecule has 0 aromatic heterocycles. The average Bonchev–Trinajstić information content (AvgIpc) is 2.18. The van der Waals surface area contributed by atoms with Crippen LogP contribution in [0.15, 0.2) is 27.1 Å². The maximum absolute atomic E-state index is 11.6. The van der Waals surface area contributed by atoms with E-state index in [4.69, 9.17) is 0 Å². The molecular formula is C10H11Br2NO. The highest BCUT2D eigenvalue weighted by molar-refractivity contribution is 9.11. The molecule has 0 fully saturated rings. The van der Waals surface area contributed by atoms with E-state index in [1.54, 1.807) is 6.07 Å². The van der Waals surface area contributed by atoms with Crippen molar-refractivity contribution in [1.29, 1.82) is 0 Å². The quantitative estimate of drug-likeness (QED) is 0.909. The first-order valence-corrected chi connectivity index (χ1v) is 5.97. The molecule has 1 aromatic carbocycles. The Hall–Kier alpha value is -0.350. The van der Waals surface area contributed by atoms with E-state index >= 15 is 0 Å². The molecule has 0 saturated carbocycles. The summed E-state index contributed by atoms with van der Waals surface area (Å²) in [5, 5.41) is 2.83. The molecule has 0 aliphatic rings. The van der Waals surface area contributed by atoms with Gasteiger partial charge in [-0.3, -0.25) is 4.79 Å². The number of nitrogens with one attached hydrogen (secondary N) is 1. The molecule has 0 heterocycles. The highest BCUT2D eigenvalue weighted by Gasteiger charge is 2.08. The fourth-order valence-electron chi connectivity index (χ4n) is 1.01. The van der Waals surface area contributed by atoms with E-state index in [2.05, 4.69) is 37.2 Å². The molecule has 0 saturated heterocycles. The summed E-state index contributed by atoms with van der Waals surface area (Å²) in [6, 6.07) is 5.54. The van der Waals surface area contributed by atoms with Crippen LogP contribution < -0.4 is 5.32 Å². The molecule has 0 aliphatic carbocycles. The van der Waals surface area contributed by atoms with E-state index in [1.165, 1.54) is 0 Å². The van der Waals surface area contributed by atoms with E-state index in [-0.39, 0.29) is 5.91 Å². The first-order valence-electron chi connectivity index (χ1n) is 4.38. The molecule has 1 amide bonds. The zero-order chi connectivity index (χ0) is 10.6. The van der Waals surface area contributed by atoms with Crippen molar-refractivity contribution in [3.05, 3.63) is 32.7 Å². The standard InChI is InChI=1S/C10H11Br2NO/c1-2-5-13-10(14)8-6-7(11)3-4-9(8)12/h3-4,6H,2,5H2,1H3,(H,13,14). The highest BCUT2D eigenvalue weighted by atomic mass is 79.9. The van der Waals surface area contributed by atoms with Crippen LogP contribution in [-0.4, -0.2) is 12.5 Å². The van der Waals surface area contributed by atoms with E-state index in [9.17, 15) is 4.79 Å². The Kier molecular flexibility index (Phi) is 4.62. The van der Waals surface area contributed by atoms with Crippen LogP contribution in [-0.2, 0) is 0 Å². The number of carbonyl (C=O) groups excluding carboxylic acids is 1. The molecule has 0 unspecified atom stereocenters. The van der Waals surface area contributed by atoms with Gasteiger partial charge in [-0.05, 0) is 40.5 Å². The highest BCUT2D eigenvalue weighted by Crippen LogP contribution is 2.21. The minimum absolute atomic E-state index is 0.0416. The van der Waals surface area contributed by atoms with Crippen molar-refractivity contribution < 1.29 is 4.79 Å². The molecule has 1 rings (SSSR count). The third-order valence-corrected chi connectivity index (χ3v) is 2.89. The van der Waals surface area contributed by atoms with Crippen LogP contribution >= 0.6 is 31.9 Å². The summed E-state index contributed by atoms with van der Waals surface area (Å²) in [5.41, 5.74) is 0.660. The summed E-state index contributed by atoms with van der Waals surface area (Å²) >= 11 is 6.67. The number of halogens is 2. The number of benzene rings is 1. The molecule has 14 heavy (non-hydrogen) atoms. The fraction of sp³-hybridized carbons (Fsp3) is 0.300. The van der Waals surface area contributed by atoms with Crippen molar-refractivity contribution in [2.24, 2.45) is 0 Å². The van der Waals surface area contributed by atoms with Gasteiger partial charge in [-0.2, -0.15) is 0 Å². The van der Waals surface area contributed by atoms with Crippen LogP contribution in [0.1, 0.15) is 23.7 Å². The summed E-state index contributed by atoms with van der Waals surface area (Å²) in [5.74, 6) is -0.0416. The summed E-state index contributed by atoms with van der Waals surface area (Å²) < 4.78 is 1.72. The predicted octanol–water partition coefficient (Wildman–Crippen LogP) is 3.35. The summed E-state index contributed by atoms with van der Waals surface area (Å²) in [6.07, 6.45) is 0.942. The van der Waals surface area contributed by atoms with Gasteiger partial charge in [0, 0.05) is 15.5 Å². The van der Waals surface area contributed by atoms with Gasteiger partial charge in [0.15, 0.2) is 0 Å². The van der Waals surface area contributed by atoms with Crippen LogP contribution in [0.25, 0.3) is 0 Å². The smallest absolute Gasteiger partial charge is 0.252 e. The van der Waals surface area contributed by atoms with Gasteiger partial charge in [-0.15, -0.1) is 0 Å². The van der Waals surface area contributed by atoms with Gasteiger partial charge in [0.05, 0.1) is 5.56 Å². The van der Waals surface area contributed by atoms with Crippen LogP contribution in [0.5, 0.6) is 0 Å². The summed E-state index contributed by atoms with van der Waals surface area (Å²) in [7, 11) is 0. The Bertz CT molecular complexity index is 339. The molecular weight excluding hydrogens is 310 g/mol. The zero-order valence-electron chi connectivity index (χ0n) is 7.81. The molecule has 1 aromatic rings. The molecule has 0 spiro atoms. The van der Waals surface area contributed by atoms with Gasteiger partial charge in [0.25, 0.3) is 5.91 Å². The van der Waals surface area contributed by atoms with Gasteiger partial charge in [0.1, 0.15) is 0 Å². The Morgan fingerprint density at radius 2 is 2.14 bits per heavy atom. The first kappa shape index (κ1) is 11.7. The van der Waals surface area contributed by atoms with Crippen LogP contribution in [0.4, 0.5) is 0 Å². The number of hydrogen-bond donors (Lipinski definition) is 1. The first-order chi connectivity index (χ1) is 6.65. The van der Waals surface area contributed by atoms with Gasteiger partial charge < -0.3 is 5.32 Å². The molecule has 0 atom stereocenters. The minimum atomic E-state index is -0.0416. The number of rotatable bonds is 3. The van der Waals surface area contributed by atoms with Crippen molar-refractivity contribution >= 4 is 37.8 Å². The third kappa shape index (κ3) is 3.10. The molecule has 0 aliphatic heterocycles. The van der Waals surface area contributed by atoms with Gasteiger partial charge >= 0.3 is 0 Å². The largest absolute Gasteiger partial charge is 0.352 e. The normalized spacial score (nSPS) is 9.93. The zero-order valence-corrected chi connectivity index (χ0v) is 11.0. The molecule has 76 valence electrons. The Labute approximate surface area is 100 Å². The van der Waals surface area contributed by atoms with E-state index < -0.39 is 0 Å². The minimum Gasteiger partial charge on any atom is -0.352 e. The second kappa shape index (κ2) is 5.51. The molecule has 2 nitrogen and oxygen atoms in total. The Morgan fingerprint density at radius 3 is 2.79 bits per heavy atom. The summed E-state index contributed by atoms with van der Waals surface area (Å²) in [6.45, 7) is 2.73. The van der Waals surface area contributed by atoms with Gasteiger partial charge in [-0.25, -0.2) is 0 Å². The number of carbonyl (C=O) groups is 1. The van der Waals surface area contributed by atoms with Crippen molar-refractivity contribution in [2.45, 2.75) is 13.3 Å². The lowest BCUT2D eigenvalue weighted by Crippen LogP contribution is -2.24. The number of amides is 1. The van der Waals surface area contributed by atoms with Crippen LogP contribution in [0, 0.1) is 0 Å². The molecule has 1 N–H and O–H groups in total. The Balaban J connectivity index is 2.83. The fourth-order valence-corrected chi connectivity index (χ4v) is 1.79. The van der Waals surface area contributed by atoms with E-state index in [1.807, 2.05) is 19.1 Å². The predicted molar refractivity (Wildman–Crippen MR) is 64.5 cm³/mol. The maximum atomic E-state index is 11.6. The van der Waals surface area contributed by atoms with Crippen LogP contribution in [0.3, 0.4) is 0 Å². The topological polar surface area (TPSA) is 29.1 Å². The lowest BCUT2D eigenvalue weighted by Gasteiger charge is -2.05. The monoisotopic (exact) mass is 319 g/mol. The third-order valence-electron chi connectivity index (χ3n) is 1.71. The summed E-state index contributed by atoms with van der Waals surface area (Å²) in [4.78, 5) is 11.6. The maximum Gasteiger partial charge on any atom is 0.252 e. The van der Waals surface area contributed by atoms with Gasteiger partial charge in [-0.1, -0.05) is 22.9 Å². The number of hydrogen-bond acceptors (Lipinski definition) is 1. The second-order valence-corrected chi connectivity index (χ2v) is 4.65. The van der Waals surface area contributed by atoms with Crippen molar-refractivity contribution in [3.63, 3.8) is 0 Å². The second-order valence-electron chi connectivity index (χ2n) is 2.88. The van der Waals surface area contributed by atoms with E-state index in [0.29, 0.717) is 12.1 Å². The molecule has 0 bridgehead atoms. The lowest BCUT2D eigenvalue weighted by atomic mass is 10.2. The Morgan fingerprint density at radius 1 is 1.43 bits per heavy atom.